The molecule has 0 amide bonds. The van der Waals surface area contributed by atoms with Gasteiger partial charge in [-0.25, -0.2) is 4.79 Å². The van der Waals surface area contributed by atoms with Crippen LogP contribution in [0.4, 0.5) is 0 Å². The van der Waals surface area contributed by atoms with Gasteiger partial charge < -0.3 is 14.6 Å². The van der Waals surface area contributed by atoms with Gasteiger partial charge in [0.05, 0.1) is 0 Å². The van der Waals surface area contributed by atoms with Crippen LogP contribution in [0.3, 0.4) is 0 Å². The largest absolute Gasteiger partial charge is 0.475 e. The van der Waals surface area contributed by atoms with Crippen LogP contribution in [0, 0.1) is 0 Å². The van der Waals surface area contributed by atoms with Crippen molar-refractivity contribution < 1.29 is 19.4 Å². The number of rotatable bonds is 4. The highest BCUT2D eigenvalue weighted by atomic mass is 32.1. The first-order valence-corrected chi connectivity index (χ1v) is 5.63. The highest BCUT2D eigenvalue weighted by Crippen LogP contribution is 2.21. The summed E-state index contributed by atoms with van der Waals surface area (Å²) in [5, 5.41) is 22.3. The third kappa shape index (κ3) is 2.32. The summed E-state index contributed by atoms with van der Waals surface area (Å²) in [6.45, 7) is 0. The molecule has 84 valence electrons. The van der Waals surface area contributed by atoms with Crippen LogP contribution in [0.25, 0.3) is 0 Å². The molecule has 2 N–H and O–H groups in total. The maximum atomic E-state index is 10.6. The van der Waals surface area contributed by atoms with Gasteiger partial charge in [0.25, 0.3) is 0 Å². The number of thiophene rings is 1. The number of aliphatic hydroxyl groups is 1. The maximum absolute atomic E-state index is 10.6. The van der Waals surface area contributed by atoms with Crippen LogP contribution in [0.5, 0.6) is 0 Å². The molecular formula is C11H10O4S. The fourth-order valence-electron chi connectivity index (χ4n) is 1.38. The van der Waals surface area contributed by atoms with Crippen molar-refractivity contribution >= 4 is 17.3 Å². The van der Waals surface area contributed by atoms with Gasteiger partial charge in [-0.15, -0.1) is 0 Å². The summed E-state index contributed by atoms with van der Waals surface area (Å²) in [6, 6.07) is 4.74. The Balaban J connectivity index is 2.08. The minimum Gasteiger partial charge on any atom is -0.475 e. The van der Waals surface area contributed by atoms with Crippen molar-refractivity contribution in [3.63, 3.8) is 0 Å². The summed E-state index contributed by atoms with van der Waals surface area (Å²) in [4.78, 5) is 10.6. The first-order valence-electron chi connectivity index (χ1n) is 4.69. The van der Waals surface area contributed by atoms with Gasteiger partial charge in [-0.3, -0.25) is 0 Å². The quantitative estimate of drug-likeness (QED) is 0.857. The Kier molecular flexibility index (Phi) is 3.07. The van der Waals surface area contributed by atoms with Crippen LogP contribution in [0.1, 0.15) is 28.0 Å². The van der Waals surface area contributed by atoms with Crippen molar-refractivity contribution in [3.05, 3.63) is 46.0 Å². The summed E-state index contributed by atoms with van der Waals surface area (Å²) in [5.74, 6) is -1.00. The van der Waals surface area contributed by atoms with E-state index in [1.54, 1.807) is 11.3 Å². The van der Waals surface area contributed by atoms with Crippen LogP contribution < -0.4 is 0 Å². The average Bonchev–Trinajstić information content (AvgIpc) is 2.86. The van der Waals surface area contributed by atoms with Gasteiger partial charge in [0.1, 0.15) is 11.9 Å². The summed E-state index contributed by atoms with van der Waals surface area (Å²) in [5.41, 5.74) is 1.01. The van der Waals surface area contributed by atoms with Crippen molar-refractivity contribution in [2.24, 2.45) is 0 Å². The van der Waals surface area contributed by atoms with E-state index >= 15 is 0 Å². The molecule has 4 nitrogen and oxygen atoms in total. The molecule has 1 unspecified atom stereocenters. The van der Waals surface area contributed by atoms with Crippen molar-refractivity contribution in [1.82, 2.24) is 0 Å². The number of carboxylic acid groups (broad SMARTS) is 1. The van der Waals surface area contributed by atoms with Crippen molar-refractivity contribution in [2.45, 2.75) is 12.5 Å². The number of carbonyl (C=O) groups is 1. The standard InChI is InChI=1S/C11H10O4S/c12-8(5-7-3-4-16-6-7)9-1-2-10(15-9)11(13)14/h1-4,6,8,12H,5H2,(H,13,14). The highest BCUT2D eigenvalue weighted by Gasteiger charge is 2.16. The van der Waals surface area contributed by atoms with Crippen LogP contribution in [0.2, 0.25) is 0 Å². The molecule has 2 aromatic heterocycles. The molecule has 1 atom stereocenters. The van der Waals surface area contributed by atoms with Crippen molar-refractivity contribution in [2.75, 3.05) is 0 Å². The topological polar surface area (TPSA) is 70.7 Å². The molecular weight excluding hydrogens is 228 g/mol. The predicted octanol–water partition coefficient (Wildman–Crippen LogP) is 2.32. The lowest BCUT2D eigenvalue weighted by molar-refractivity contribution is 0.0651. The highest BCUT2D eigenvalue weighted by molar-refractivity contribution is 7.07. The van der Waals surface area contributed by atoms with Crippen LogP contribution in [-0.4, -0.2) is 16.2 Å². The van der Waals surface area contributed by atoms with Crippen molar-refractivity contribution in [3.8, 4) is 0 Å². The lowest BCUT2D eigenvalue weighted by atomic mass is 10.1. The predicted molar refractivity (Wildman–Crippen MR) is 58.7 cm³/mol. The first-order chi connectivity index (χ1) is 7.66. The SMILES string of the molecule is O=C(O)c1ccc(C(O)Cc2ccsc2)o1. The molecule has 0 radical (unpaired) electrons. The molecule has 0 aliphatic rings. The van der Waals surface area contributed by atoms with Gasteiger partial charge >= 0.3 is 5.97 Å². The van der Waals surface area contributed by atoms with E-state index in [1.807, 2.05) is 16.8 Å². The molecule has 0 aliphatic heterocycles. The third-order valence-electron chi connectivity index (χ3n) is 2.18. The Labute approximate surface area is 95.8 Å². The van der Waals surface area contributed by atoms with Gasteiger partial charge in [0.15, 0.2) is 0 Å². The van der Waals surface area contributed by atoms with Crippen LogP contribution in [0.15, 0.2) is 33.4 Å². The lowest BCUT2D eigenvalue weighted by Crippen LogP contribution is -1.99. The Hall–Kier alpha value is -1.59. The zero-order chi connectivity index (χ0) is 11.5. The smallest absolute Gasteiger partial charge is 0.371 e. The molecule has 2 heterocycles. The van der Waals surface area contributed by atoms with E-state index in [1.165, 1.54) is 12.1 Å². The fourth-order valence-corrected chi connectivity index (χ4v) is 2.06. The van der Waals surface area contributed by atoms with Crippen LogP contribution in [-0.2, 0) is 6.42 Å². The normalized spacial score (nSPS) is 12.6. The summed E-state index contributed by atoms with van der Waals surface area (Å²) >= 11 is 1.55. The fraction of sp³-hybridized carbons (Fsp3) is 0.182. The monoisotopic (exact) mass is 238 g/mol. The van der Waals surface area contributed by atoms with E-state index in [2.05, 4.69) is 0 Å². The summed E-state index contributed by atoms with van der Waals surface area (Å²) in [7, 11) is 0. The molecule has 5 heteroatoms. The molecule has 0 bridgehead atoms. The summed E-state index contributed by atoms with van der Waals surface area (Å²) in [6.07, 6.45) is -0.376. The lowest BCUT2D eigenvalue weighted by Gasteiger charge is -2.05. The molecule has 2 aromatic rings. The second-order valence-electron chi connectivity index (χ2n) is 3.36. The molecule has 0 aromatic carbocycles. The van der Waals surface area contributed by atoms with Gasteiger partial charge in [-0.05, 0) is 34.5 Å². The minimum absolute atomic E-state index is 0.153. The zero-order valence-electron chi connectivity index (χ0n) is 8.29. The Morgan fingerprint density at radius 2 is 2.25 bits per heavy atom. The van der Waals surface area contributed by atoms with E-state index in [4.69, 9.17) is 9.52 Å². The second-order valence-corrected chi connectivity index (χ2v) is 4.14. The second kappa shape index (κ2) is 4.51. The number of hydrogen-bond donors (Lipinski definition) is 2. The first kappa shape index (κ1) is 10.9. The summed E-state index contributed by atoms with van der Waals surface area (Å²) < 4.78 is 5.01. The molecule has 2 rings (SSSR count). The Morgan fingerprint density at radius 3 is 2.81 bits per heavy atom. The number of hydrogen-bond acceptors (Lipinski definition) is 4. The van der Waals surface area contributed by atoms with Crippen LogP contribution >= 0.6 is 11.3 Å². The van der Waals surface area contributed by atoms with E-state index in [9.17, 15) is 9.90 Å². The van der Waals surface area contributed by atoms with E-state index in [0.29, 0.717) is 6.42 Å². The molecule has 0 aliphatic carbocycles. The molecule has 0 saturated heterocycles. The van der Waals surface area contributed by atoms with Gasteiger partial charge in [-0.1, -0.05) is 0 Å². The number of aromatic carboxylic acids is 1. The van der Waals surface area contributed by atoms with Crippen molar-refractivity contribution in [1.29, 1.82) is 0 Å². The van der Waals surface area contributed by atoms with Gasteiger partial charge in [0.2, 0.25) is 5.76 Å². The zero-order valence-corrected chi connectivity index (χ0v) is 9.11. The van der Waals surface area contributed by atoms with Gasteiger partial charge in [-0.2, -0.15) is 11.3 Å². The number of carboxylic acids is 1. The molecule has 0 fully saturated rings. The van der Waals surface area contributed by atoms with E-state index < -0.39 is 12.1 Å². The number of furan rings is 1. The minimum atomic E-state index is -1.13. The molecule has 0 saturated carbocycles. The molecule has 0 spiro atoms. The maximum Gasteiger partial charge on any atom is 0.371 e. The van der Waals surface area contributed by atoms with E-state index in [-0.39, 0.29) is 11.5 Å². The Morgan fingerprint density at radius 1 is 1.44 bits per heavy atom. The third-order valence-corrected chi connectivity index (χ3v) is 2.91. The number of aliphatic hydroxyl groups excluding tert-OH is 1. The average molecular weight is 238 g/mol. The van der Waals surface area contributed by atoms with Gasteiger partial charge in [0, 0.05) is 6.42 Å². The van der Waals surface area contributed by atoms with E-state index in [0.717, 1.165) is 5.56 Å². The molecule has 16 heavy (non-hydrogen) atoms. The Bertz CT molecular complexity index is 472.